The predicted octanol–water partition coefficient (Wildman–Crippen LogP) is 2.54. The maximum Gasteiger partial charge on any atom is 0.350 e. The second-order valence-corrected chi connectivity index (χ2v) is 8.61. The Morgan fingerprint density at radius 3 is 2.68 bits per heavy atom. The highest BCUT2D eigenvalue weighted by atomic mass is 16.2. The Bertz CT molecular complexity index is 1440. The van der Waals surface area contributed by atoms with Crippen LogP contribution in [0, 0.1) is 6.92 Å². The minimum absolute atomic E-state index is 0.0553. The van der Waals surface area contributed by atoms with Crippen LogP contribution in [-0.2, 0) is 24.3 Å². The van der Waals surface area contributed by atoms with Gasteiger partial charge in [-0.2, -0.15) is 0 Å². The number of aromatic nitrogens is 3. The molecule has 0 bridgehead atoms. The van der Waals surface area contributed by atoms with Gasteiger partial charge in [-0.05, 0) is 48.6 Å². The number of nitrogens with one attached hydrogen (secondary N) is 2. The number of rotatable bonds is 6. The minimum atomic E-state index is -0.467. The lowest BCUT2D eigenvalue weighted by atomic mass is 10.1. The molecule has 0 unspecified atom stereocenters. The summed E-state index contributed by atoms with van der Waals surface area (Å²) in [5.74, 6) is -0.567. The average Bonchev–Trinajstić information content (AvgIpc) is 3.39. The molecule has 0 spiro atoms. The van der Waals surface area contributed by atoms with Crippen LogP contribution in [0.5, 0.6) is 0 Å². The molecule has 2 heterocycles. The zero-order valence-corrected chi connectivity index (χ0v) is 18.8. The number of amides is 2. The van der Waals surface area contributed by atoms with Gasteiger partial charge in [0.05, 0.1) is 11.6 Å². The molecule has 0 aliphatic heterocycles. The maximum atomic E-state index is 12.8. The normalized spacial score (nSPS) is 14.7. The maximum absolute atomic E-state index is 12.8. The molecule has 2 aromatic heterocycles. The van der Waals surface area contributed by atoms with Crippen LogP contribution in [0.4, 0.5) is 0 Å². The molecular formula is C26H25N5O3. The van der Waals surface area contributed by atoms with Crippen molar-refractivity contribution in [3.05, 3.63) is 105 Å². The summed E-state index contributed by atoms with van der Waals surface area (Å²) in [6, 6.07) is 19.1. The van der Waals surface area contributed by atoms with Crippen molar-refractivity contribution in [2.75, 3.05) is 0 Å². The molecule has 2 amide bonds. The Balaban J connectivity index is 1.27. The van der Waals surface area contributed by atoms with E-state index in [2.05, 4.69) is 21.8 Å². The van der Waals surface area contributed by atoms with Crippen molar-refractivity contribution in [2.45, 2.75) is 38.9 Å². The summed E-state index contributed by atoms with van der Waals surface area (Å²) in [6.45, 7) is 2.21. The third-order valence-corrected chi connectivity index (χ3v) is 6.17. The topological polar surface area (TPSA) is 97.5 Å². The lowest BCUT2D eigenvalue weighted by Crippen LogP contribution is -2.34. The summed E-state index contributed by atoms with van der Waals surface area (Å²) in [4.78, 5) is 38.1. The standard InChI is InChI=1S/C26H25N5O3/c1-17-6-8-18(9-7-17)14-27-25(33)20-11-13-23-29-31(26(34)30(23)15-20)16-24(32)28-22-12-10-19-4-2-3-5-21(19)22/h2-9,11,13,15,22H,10,12,14,16H2,1H3,(H,27,33)(H,28,32)/t22-/m0/s1. The molecule has 34 heavy (non-hydrogen) atoms. The highest BCUT2D eigenvalue weighted by Gasteiger charge is 2.24. The van der Waals surface area contributed by atoms with Gasteiger partial charge in [0, 0.05) is 12.7 Å². The fourth-order valence-corrected chi connectivity index (χ4v) is 4.33. The van der Waals surface area contributed by atoms with Crippen molar-refractivity contribution >= 4 is 17.5 Å². The van der Waals surface area contributed by atoms with Gasteiger partial charge in [-0.3, -0.25) is 9.59 Å². The van der Waals surface area contributed by atoms with Gasteiger partial charge in [-0.15, -0.1) is 5.10 Å². The first-order valence-electron chi connectivity index (χ1n) is 11.3. The number of pyridine rings is 1. The monoisotopic (exact) mass is 455 g/mol. The number of hydrogen-bond acceptors (Lipinski definition) is 4. The first-order valence-corrected chi connectivity index (χ1v) is 11.3. The fraction of sp³-hybridized carbons (Fsp3) is 0.231. The molecule has 1 atom stereocenters. The molecule has 172 valence electrons. The summed E-state index contributed by atoms with van der Waals surface area (Å²) in [6.07, 6.45) is 3.22. The van der Waals surface area contributed by atoms with E-state index in [4.69, 9.17) is 0 Å². The fourth-order valence-electron chi connectivity index (χ4n) is 4.33. The molecule has 5 rings (SSSR count). The van der Waals surface area contributed by atoms with E-state index in [-0.39, 0.29) is 24.4 Å². The Hall–Kier alpha value is -4.20. The second-order valence-electron chi connectivity index (χ2n) is 8.61. The van der Waals surface area contributed by atoms with Crippen LogP contribution in [0.25, 0.3) is 5.65 Å². The van der Waals surface area contributed by atoms with Gasteiger partial charge in [0.15, 0.2) is 5.65 Å². The van der Waals surface area contributed by atoms with E-state index in [1.54, 1.807) is 12.1 Å². The van der Waals surface area contributed by atoms with E-state index in [0.29, 0.717) is 17.8 Å². The van der Waals surface area contributed by atoms with Crippen molar-refractivity contribution < 1.29 is 9.59 Å². The largest absolute Gasteiger partial charge is 0.350 e. The van der Waals surface area contributed by atoms with E-state index >= 15 is 0 Å². The number of benzene rings is 2. The highest BCUT2D eigenvalue weighted by molar-refractivity contribution is 5.94. The van der Waals surface area contributed by atoms with E-state index in [1.807, 2.05) is 49.4 Å². The summed E-state index contributed by atoms with van der Waals surface area (Å²) < 4.78 is 2.42. The lowest BCUT2D eigenvalue weighted by molar-refractivity contribution is -0.122. The van der Waals surface area contributed by atoms with Crippen molar-refractivity contribution in [3.8, 4) is 0 Å². The molecule has 1 aliphatic rings. The van der Waals surface area contributed by atoms with Crippen molar-refractivity contribution in [3.63, 3.8) is 0 Å². The van der Waals surface area contributed by atoms with Gasteiger partial charge in [0.1, 0.15) is 6.54 Å². The Morgan fingerprint density at radius 1 is 1.06 bits per heavy atom. The van der Waals surface area contributed by atoms with Gasteiger partial charge < -0.3 is 10.6 Å². The van der Waals surface area contributed by atoms with Gasteiger partial charge >= 0.3 is 5.69 Å². The SMILES string of the molecule is Cc1ccc(CNC(=O)c2ccc3nn(CC(=O)N[C@H]4CCc5ccccc54)c(=O)n3c2)cc1. The Labute approximate surface area is 196 Å². The first kappa shape index (κ1) is 21.6. The number of nitrogens with zero attached hydrogens (tertiary/aromatic N) is 3. The number of hydrogen-bond donors (Lipinski definition) is 2. The Kier molecular flexibility index (Phi) is 5.71. The van der Waals surface area contributed by atoms with Crippen molar-refractivity contribution in [2.24, 2.45) is 0 Å². The zero-order valence-electron chi connectivity index (χ0n) is 18.8. The third-order valence-electron chi connectivity index (χ3n) is 6.17. The lowest BCUT2D eigenvalue weighted by Gasteiger charge is -2.13. The molecule has 0 radical (unpaired) electrons. The molecule has 0 fully saturated rings. The molecule has 2 aromatic carbocycles. The smallest absolute Gasteiger partial charge is 0.348 e. The van der Waals surface area contributed by atoms with Crippen LogP contribution >= 0.6 is 0 Å². The van der Waals surface area contributed by atoms with Crippen LogP contribution < -0.4 is 16.3 Å². The highest BCUT2D eigenvalue weighted by Crippen LogP contribution is 2.30. The van der Waals surface area contributed by atoms with E-state index in [0.717, 1.165) is 34.2 Å². The van der Waals surface area contributed by atoms with Gasteiger partial charge in [-0.25, -0.2) is 13.9 Å². The molecule has 4 aromatic rings. The summed E-state index contributed by atoms with van der Waals surface area (Å²) in [5.41, 5.74) is 4.75. The first-order chi connectivity index (χ1) is 16.5. The van der Waals surface area contributed by atoms with E-state index in [1.165, 1.54) is 16.2 Å². The summed E-state index contributed by atoms with van der Waals surface area (Å²) in [5, 5.41) is 10.1. The van der Waals surface area contributed by atoms with Crippen LogP contribution in [0.2, 0.25) is 0 Å². The number of carbonyl (C=O) groups is 2. The molecule has 8 nitrogen and oxygen atoms in total. The van der Waals surface area contributed by atoms with E-state index in [9.17, 15) is 14.4 Å². The number of carbonyl (C=O) groups excluding carboxylic acids is 2. The quantitative estimate of drug-likeness (QED) is 0.467. The third kappa shape index (κ3) is 4.34. The Morgan fingerprint density at radius 2 is 1.85 bits per heavy atom. The predicted molar refractivity (Wildman–Crippen MR) is 127 cm³/mol. The molecule has 1 aliphatic carbocycles. The van der Waals surface area contributed by atoms with Gasteiger partial charge in [0.2, 0.25) is 5.91 Å². The summed E-state index contributed by atoms with van der Waals surface area (Å²) in [7, 11) is 0. The molecule has 0 saturated carbocycles. The molecule has 8 heteroatoms. The average molecular weight is 456 g/mol. The van der Waals surface area contributed by atoms with Gasteiger partial charge in [-0.1, -0.05) is 54.1 Å². The number of aryl methyl sites for hydroxylation is 2. The summed E-state index contributed by atoms with van der Waals surface area (Å²) >= 11 is 0. The van der Waals surface area contributed by atoms with E-state index < -0.39 is 5.69 Å². The van der Waals surface area contributed by atoms with Crippen molar-refractivity contribution in [1.82, 2.24) is 24.8 Å². The molecular weight excluding hydrogens is 430 g/mol. The van der Waals surface area contributed by atoms with Crippen LogP contribution in [0.15, 0.2) is 71.7 Å². The van der Waals surface area contributed by atoms with Crippen molar-refractivity contribution in [1.29, 1.82) is 0 Å². The molecule has 0 saturated heterocycles. The van der Waals surface area contributed by atoms with Crippen LogP contribution in [0.3, 0.4) is 0 Å². The second kappa shape index (κ2) is 8.97. The van der Waals surface area contributed by atoms with Crippen LogP contribution in [0.1, 0.15) is 45.1 Å². The van der Waals surface area contributed by atoms with Crippen LogP contribution in [-0.4, -0.2) is 26.0 Å². The van der Waals surface area contributed by atoms with Gasteiger partial charge in [0.25, 0.3) is 5.91 Å². The number of fused-ring (bicyclic) bond motifs is 2. The minimum Gasteiger partial charge on any atom is -0.348 e. The molecule has 2 N–H and O–H groups in total. The zero-order chi connectivity index (χ0) is 23.7.